The fourth-order valence-corrected chi connectivity index (χ4v) is 3.02. The first-order chi connectivity index (χ1) is 8.58. The predicted molar refractivity (Wildman–Crippen MR) is 58.1 cm³/mol. The van der Waals surface area contributed by atoms with Gasteiger partial charge in [-0.2, -0.15) is 8.78 Å². The van der Waals surface area contributed by atoms with E-state index in [2.05, 4.69) is 0 Å². The largest absolute Gasteiger partial charge is 0.436 e. The molecule has 1 saturated heterocycles. The lowest BCUT2D eigenvalue weighted by Crippen LogP contribution is -2.53. The van der Waals surface area contributed by atoms with Crippen molar-refractivity contribution < 1.29 is 35.2 Å². The van der Waals surface area contributed by atoms with Crippen LogP contribution in [0.15, 0.2) is 0 Å². The molecule has 0 aromatic carbocycles. The summed E-state index contributed by atoms with van der Waals surface area (Å²) in [7, 11) is -9.52. The number of ketones is 1. The van der Waals surface area contributed by atoms with Crippen LogP contribution in [0.2, 0.25) is 0 Å². The van der Waals surface area contributed by atoms with Crippen LogP contribution < -0.4 is 4.13 Å². The van der Waals surface area contributed by atoms with Crippen LogP contribution in [0.25, 0.3) is 0 Å². The van der Waals surface area contributed by atoms with Gasteiger partial charge in [-0.25, -0.2) is 16.8 Å². The lowest BCUT2D eigenvalue weighted by atomic mass is 10.1. The molecule has 1 aliphatic heterocycles. The average Bonchev–Trinajstić information content (AvgIpc) is 2.27. The highest BCUT2D eigenvalue weighted by molar-refractivity contribution is 7.99. The van der Waals surface area contributed by atoms with Crippen LogP contribution in [0.5, 0.6) is 0 Å². The second-order valence-electron chi connectivity index (χ2n) is 3.70. The van der Waals surface area contributed by atoms with Gasteiger partial charge >= 0.3 is 11.2 Å². The topological polar surface area (TPSA) is 118 Å². The number of thiol groups is 1. The van der Waals surface area contributed by atoms with Crippen molar-refractivity contribution in [2.24, 2.45) is 0 Å². The number of nitrogens with zero attached hydrogens (tertiary/aromatic N) is 1. The number of amides is 1. The number of nitrogens with one attached hydrogen (secondary N) is 1. The highest BCUT2D eigenvalue weighted by Crippen LogP contribution is 2.25. The number of Topliss-reactive ketones (excluding diaryl/α,β-unsaturated/α-hetero) is 1. The summed E-state index contributed by atoms with van der Waals surface area (Å²) in [5, 5.41) is -4.91. The summed E-state index contributed by atoms with van der Waals surface area (Å²) in [6.07, 6.45) is -0.295. The van der Waals surface area contributed by atoms with E-state index in [9.17, 15) is 35.2 Å². The van der Waals surface area contributed by atoms with Gasteiger partial charge in [-0.15, -0.1) is 4.13 Å². The fourth-order valence-electron chi connectivity index (χ4n) is 1.41. The van der Waals surface area contributed by atoms with E-state index in [1.807, 2.05) is 0 Å². The lowest BCUT2D eigenvalue weighted by molar-refractivity contribution is -0.148. The first kappa shape index (κ1) is 15.9. The summed E-state index contributed by atoms with van der Waals surface area (Å²) in [5.74, 6) is -2.28. The van der Waals surface area contributed by atoms with E-state index in [4.69, 9.17) is 0 Å². The summed E-state index contributed by atoms with van der Waals surface area (Å²) in [6.45, 7) is -0.654. The van der Waals surface area contributed by atoms with Crippen molar-refractivity contribution in [1.29, 1.82) is 0 Å². The molecule has 12 heteroatoms. The Balaban J connectivity index is 2.93. The van der Waals surface area contributed by atoms with Crippen molar-refractivity contribution in [1.82, 2.24) is 9.03 Å². The van der Waals surface area contributed by atoms with E-state index >= 15 is 0 Å². The van der Waals surface area contributed by atoms with Gasteiger partial charge < -0.3 is 4.90 Å². The zero-order valence-corrected chi connectivity index (χ0v) is 11.0. The van der Waals surface area contributed by atoms with Crippen LogP contribution in [0.1, 0.15) is 12.8 Å². The number of carbonyl (C=O) groups excluding carboxylic acids is 2. The molecule has 0 unspecified atom stereocenters. The molecule has 1 amide bonds. The minimum absolute atomic E-state index is 0.148. The molecule has 0 aromatic rings. The summed E-state index contributed by atoms with van der Waals surface area (Å²) in [6, 6.07) is 0. The third-order valence-corrected chi connectivity index (χ3v) is 4.80. The predicted octanol–water partition coefficient (Wildman–Crippen LogP) is -1.78. The lowest BCUT2D eigenvalue weighted by Gasteiger charge is -2.28. The summed E-state index contributed by atoms with van der Waals surface area (Å²) in [4.78, 5) is 22.8. The van der Waals surface area contributed by atoms with Crippen molar-refractivity contribution in [2.75, 3.05) is 13.1 Å². The van der Waals surface area contributed by atoms with Crippen LogP contribution in [0, 0.1) is 0 Å². The quantitative estimate of drug-likeness (QED) is 0.591. The SMILES string of the molecule is O=C1CCN(C(=O)C(F)(F)S(=O)(=O)N[SH](=O)=O)CC1. The van der Waals surface area contributed by atoms with Gasteiger partial charge in [0.2, 0.25) is 10.9 Å². The normalized spacial score (nSPS) is 17.8. The van der Waals surface area contributed by atoms with Crippen LogP contribution in [-0.4, -0.2) is 51.8 Å². The van der Waals surface area contributed by atoms with Gasteiger partial charge in [0.1, 0.15) is 5.78 Å². The number of piperidine rings is 1. The van der Waals surface area contributed by atoms with E-state index < -0.39 is 32.1 Å². The molecule has 0 atom stereocenters. The number of halogens is 2. The van der Waals surface area contributed by atoms with Gasteiger partial charge in [0.25, 0.3) is 10.0 Å². The molecule has 0 bridgehead atoms. The van der Waals surface area contributed by atoms with E-state index in [0.29, 0.717) is 9.03 Å². The Morgan fingerprint density at radius 1 is 1.26 bits per heavy atom. The Labute approximate surface area is 108 Å². The molecule has 1 fully saturated rings. The van der Waals surface area contributed by atoms with Crippen LogP contribution in [0.4, 0.5) is 8.78 Å². The van der Waals surface area contributed by atoms with Crippen molar-refractivity contribution in [3.8, 4) is 0 Å². The van der Waals surface area contributed by atoms with E-state index in [0.717, 1.165) is 0 Å². The highest BCUT2D eigenvalue weighted by Gasteiger charge is 2.55. The molecule has 0 aromatic heterocycles. The van der Waals surface area contributed by atoms with Crippen molar-refractivity contribution >= 4 is 32.6 Å². The molecular formula is C7H10F2N2O6S2. The Hall–Kier alpha value is -1.14. The summed E-state index contributed by atoms with van der Waals surface area (Å²) < 4.78 is 69.9. The van der Waals surface area contributed by atoms with Crippen LogP contribution in [-0.2, 0) is 30.5 Å². The van der Waals surface area contributed by atoms with Gasteiger partial charge in [0, 0.05) is 25.9 Å². The summed E-state index contributed by atoms with van der Waals surface area (Å²) in [5.41, 5.74) is 0. The molecule has 110 valence electrons. The molecule has 1 rings (SSSR count). The second-order valence-corrected chi connectivity index (χ2v) is 6.46. The Morgan fingerprint density at radius 3 is 2.16 bits per heavy atom. The molecule has 0 aliphatic carbocycles. The van der Waals surface area contributed by atoms with Gasteiger partial charge in [-0.05, 0) is 0 Å². The molecule has 1 aliphatic rings. The van der Waals surface area contributed by atoms with E-state index in [-0.39, 0.29) is 31.7 Å². The van der Waals surface area contributed by atoms with Gasteiger partial charge in [0.15, 0.2) is 0 Å². The molecule has 0 radical (unpaired) electrons. The number of rotatable bonds is 4. The zero-order valence-electron chi connectivity index (χ0n) is 9.34. The molecule has 0 saturated carbocycles. The van der Waals surface area contributed by atoms with Crippen molar-refractivity contribution in [2.45, 2.75) is 18.1 Å². The molecule has 1 N–H and O–H groups in total. The molecular weight excluding hydrogens is 310 g/mol. The van der Waals surface area contributed by atoms with Crippen molar-refractivity contribution in [3.63, 3.8) is 0 Å². The van der Waals surface area contributed by atoms with Gasteiger partial charge in [-0.1, -0.05) is 0 Å². The number of carbonyl (C=O) groups is 2. The average molecular weight is 320 g/mol. The maximum atomic E-state index is 13.4. The van der Waals surface area contributed by atoms with E-state index in [1.54, 1.807) is 0 Å². The molecule has 8 nitrogen and oxygen atoms in total. The Kier molecular flexibility index (Phi) is 4.58. The molecule has 1 heterocycles. The first-order valence-corrected chi connectivity index (χ1v) is 7.59. The smallest absolute Gasteiger partial charge is 0.336 e. The number of sulfonamides is 1. The van der Waals surface area contributed by atoms with Gasteiger partial charge in [-0.3, -0.25) is 9.59 Å². The van der Waals surface area contributed by atoms with Crippen molar-refractivity contribution in [3.05, 3.63) is 0 Å². The zero-order chi connectivity index (χ0) is 14.8. The maximum absolute atomic E-state index is 13.4. The number of hydrogen-bond acceptors (Lipinski definition) is 6. The molecule has 0 spiro atoms. The third kappa shape index (κ3) is 3.45. The number of likely N-dealkylation sites (tertiary alicyclic amines) is 1. The maximum Gasteiger partial charge on any atom is 0.436 e. The van der Waals surface area contributed by atoms with Gasteiger partial charge in [0.05, 0.1) is 0 Å². The second kappa shape index (κ2) is 5.46. The third-order valence-electron chi connectivity index (χ3n) is 2.39. The fraction of sp³-hybridized carbons (Fsp3) is 0.714. The number of alkyl halides is 2. The summed E-state index contributed by atoms with van der Waals surface area (Å²) >= 11 is 0. The van der Waals surface area contributed by atoms with E-state index in [1.165, 1.54) is 0 Å². The number of hydrogen-bond donors (Lipinski definition) is 2. The highest BCUT2D eigenvalue weighted by atomic mass is 32.3. The monoisotopic (exact) mass is 320 g/mol. The van der Waals surface area contributed by atoms with Crippen LogP contribution in [0.3, 0.4) is 0 Å². The standard InChI is InChI=1S/C7H10F2N2O6S2/c8-7(9,19(16,17)10-18(14)15)6(13)11-3-1-5(12)2-4-11/h18H,1-4H2,(H,10,14,15). The first-order valence-electron chi connectivity index (χ1n) is 4.93. The minimum Gasteiger partial charge on any atom is -0.336 e. The van der Waals surface area contributed by atoms with Crippen LogP contribution >= 0.6 is 0 Å². The molecule has 19 heavy (non-hydrogen) atoms. The Morgan fingerprint density at radius 2 is 1.74 bits per heavy atom. The Bertz CT molecular complexity index is 552. The minimum atomic E-state index is -5.68.